The standard InChI is InChI=1S/C21H31N3O2/c1-16(2)17-7-6-8-19(13-17)24-15-18(14-20(24)25)21(26)22(3)11-12-23-9-4-5-10-23/h6-8,13,16,18H,4-5,9-12,14-15H2,1-3H3. The molecular formula is C21H31N3O2. The summed E-state index contributed by atoms with van der Waals surface area (Å²) < 4.78 is 0. The Balaban J connectivity index is 1.59. The number of hydrogen-bond donors (Lipinski definition) is 0. The summed E-state index contributed by atoms with van der Waals surface area (Å²) in [7, 11) is 1.87. The lowest BCUT2D eigenvalue weighted by Crippen LogP contribution is -2.39. The van der Waals surface area contributed by atoms with E-state index in [-0.39, 0.29) is 17.7 Å². The average Bonchev–Trinajstić information content (AvgIpc) is 3.28. The third-order valence-electron chi connectivity index (χ3n) is 5.65. The highest BCUT2D eigenvalue weighted by Gasteiger charge is 2.36. The molecule has 3 rings (SSSR count). The van der Waals surface area contributed by atoms with Crippen molar-refractivity contribution in [3.63, 3.8) is 0 Å². The minimum atomic E-state index is -0.228. The van der Waals surface area contributed by atoms with Crippen LogP contribution in [0.5, 0.6) is 0 Å². The lowest BCUT2D eigenvalue weighted by Gasteiger charge is -2.24. The second kappa shape index (κ2) is 8.21. The largest absolute Gasteiger partial charge is 0.344 e. The second-order valence-corrected chi connectivity index (χ2v) is 7.96. The molecule has 2 amide bonds. The minimum Gasteiger partial charge on any atom is -0.344 e. The van der Waals surface area contributed by atoms with Crippen molar-refractivity contribution in [3.8, 4) is 0 Å². The van der Waals surface area contributed by atoms with Crippen LogP contribution < -0.4 is 4.90 Å². The SMILES string of the molecule is CC(C)c1cccc(N2CC(C(=O)N(C)CCN3CCCC3)CC2=O)c1. The van der Waals surface area contributed by atoms with Gasteiger partial charge in [0.1, 0.15) is 0 Å². The van der Waals surface area contributed by atoms with Crippen LogP contribution in [0.3, 0.4) is 0 Å². The van der Waals surface area contributed by atoms with E-state index >= 15 is 0 Å². The Hall–Kier alpha value is -1.88. The predicted octanol–water partition coefficient (Wildman–Crippen LogP) is 2.72. The number of nitrogens with zero attached hydrogens (tertiary/aromatic N) is 3. The Kier molecular flexibility index (Phi) is 5.97. The van der Waals surface area contributed by atoms with Crippen LogP contribution >= 0.6 is 0 Å². The minimum absolute atomic E-state index is 0.0530. The van der Waals surface area contributed by atoms with E-state index in [1.165, 1.54) is 18.4 Å². The van der Waals surface area contributed by atoms with Crippen LogP contribution in [0.2, 0.25) is 0 Å². The number of likely N-dealkylation sites (N-methyl/N-ethyl adjacent to an activating group) is 1. The van der Waals surface area contributed by atoms with Crippen molar-refractivity contribution in [1.82, 2.24) is 9.80 Å². The van der Waals surface area contributed by atoms with Gasteiger partial charge in [-0.25, -0.2) is 0 Å². The Morgan fingerprint density at radius 3 is 2.69 bits per heavy atom. The van der Waals surface area contributed by atoms with Crippen molar-refractivity contribution >= 4 is 17.5 Å². The highest BCUT2D eigenvalue weighted by atomic mass is 16.2. The fraction of sp³-hybridized carbons (Fsp3) is 0.619. The van der Waals surface area contributed by atoms with E-state index < -0.39 is 0 Å². The first-order chi connectivity index (χ1) is 12.5. The van der Waals surface area contributed by atoms with Crippen LogP contribution in [0.25, 0.3) is 0 Å². The van der Waals surface area contributed by atoms with Crippen molar-refractivity contribution in [3.05, 3.63) is 29.8 Å². The molecule has 142 valence electrons. The van der Waals surface area contributed by atoms with E-state index in [4.69, 9.17) is 0 Å². The summed E-state index contributed by atoms with van der Waals surface area (Å²) in [4.78, 5) is 31.3. The maximum atomic E-state index is 12.8. The van der Waals surface area contributed by atoms with Crippen LogP contribution in [-0.4, -0.2) is 61.4 Å². The molecule has 0 saturated carbocycles. The molecular weight excluding hydrogens is 326 g/mol. The molecule has 0 spiro atoms. The number of carbonyl (C=O) groups is 2. The van der Waals surface area contributed by atoms with E-state index in [0.29, 0.717) is 18.9 Å². The summed E-state index contributed by atoms with van der Waals surface area (Å²) >= 11 is 0. The lowest BCUT2D eigenvalue weighted by atomic mass is 10.0. The molecule has 2 heterocycles. The Morgan fingerprint density at radius 1 is 1.27 bits per heavy atom. The highest BCUT2D eigenvalue weighted by molar-refractivity contribution is 6.00. The molecule has 1 aromatic carbocycles. The molecule has 0 radical (unpaired) electrons. The molecule has 0 N–H and O–H groups in total. The van der Waals surface area contributed by atoms with Gasteiger partial charge in [-0.3, -0.25) is 9.59 Å². The van der Waals surface area contributed by atoms with Gasteiger partial charge in [0.25, 0.3) is 0 Å². The maximum absolute atomic E-state index is 12.8. The van der Waals surface area contributed by atoms with Crippen molar-refractivity contribution in [2.24, 2.45) is 5.92 Å². The first-order valence-corrected chi connectivity index (χ1v) is 9.83. The zero-order valence-corrected chi connectivity index (χ0v) is 16.3. The third kappa shape index (κ3) is 4.26. The van der Waals surface area contributed by atoms with Gasteiger partial charge in [-0.15, -0.1) is 0 Å². The average molecular weight is 357 g/mol. The number of rotatable bonds is 6. The Labute approximate surface area is 156 Å². The topological polar surface area (TPSA) is 43.9 Å². The molecule has 5 nitrogen and oxygen atoms in total. The van der Waals surface area contributed by atoms with Crippen molar-refractivity contribution in [2.45, 2.75) is 39.0 Å². The number of benzene rings is 1. The van der Waals surface area contributed by atoms with Crippen molar-refractivity contribution in [1.29, 1.82) is 0 Å². The molecule has 0 aromatic heterocycles. The molecule has 5 heteroatoms. The molecule has 1 atom stereocenters. The third-order valence-corrected chi connectivity index (χ3v) is 5.65. The lowest BCUT2D eigenvalue weighted by molar-refractivity contribution is -0.134. The van der Waals surface area contributed by atoms with Crippen LogP contribution in [0, 0.1) is 5.92 Å². The quantitative estimate of drug-likeness (QED) is 0.786. The highest BCUT2D eigenvalue weighted by Crippen LogP contribution is 2.28. The molecule has 0 bridgehead atoms. The number of likely N-dealkylation sites (tertiary alicyclic amines) is 1. The van der Waals surface area contributed by atoms with Gasteiger partial charge < -0.3 is 14.7 Å². The van der Waals surface area contributed by atoms with Crippen molar-refractivity contribution < 1.29 is 9.59 Å². The second-order valence-electron chi connectivity index (χ2n) is 7.96. The van der Waals surface area contributed by atoms with Gasteiger partial charge in [-0.05, 0) is 49.5 Å². The van der Waals surface area contributed by atoms with E-state index in [1.54, 1.807) is 4.90 Å². The molecule has 0 aliphatic carbocycles. The number of anilines is 1. The normalized spacial score (nSPS) is 21.0. The molecule has 1 aromatic rings. The van der Waals surface area contributed by atoms with Gasteiger partial charge in [-0.2, -0.15) is 0 Å². The summed E-state index contributed by atoms with van der Waals surface area (Å²) in [6, 6.07) is 8.12. The van der Waals surface area contributed by atoms with E-state index in [1.807, 2.05) is 24.1 Å². The maximum Gasteiger partial charge on any atom is 0.227 e. The van der Waals surface area contributed by atoms with Crippen molar-refractivity contribution in [2.75, 3.05) is 44.7 Å². The number of carbonyl (C=O) groups excluding carboxylic acids is 2. The van der Waals surface area contributed by atoms with Gasteiger partial charge in [0, 0.05) is 38.8 Å². The van der Waals surface area contributed by atoms with E-state index in [0.717, 1.165) is 31.9 Å². The van der Waals surface area contributed by atoms with Gasteiger partial charge in [-0.1, -0.05) is 26.0 Å². The monoisotopic (exact) mass is 357 g/mol. The Morgan fingerprint density at radius 2 is 2.00 bits per heavy atom. The number of hydrogen-bond acceptors (Lipinski definition) is 3. The molecule has 2 fully saturated rings. The van der Waals surface area contributed by atoms with Crippen LogP contribution in [0.1, 0.15) is 44.6 Å². The molecule has 2 saturated heterocycles. The molecule has 2 aliphatic heterocycles. The predicted molar refractivity (Wildman–Crippen MR) is 104 cm³/mol. The van der Waals surface area contributed by atoms with Crippen LogP contribution in [0.15, 0.2) is 24.3 Å². The fourth-order valence-electron chi connectivity index (χ4n) is 3.89. The van der Waals surface area contributed by atoms with E-state index in [9.17, 15) is 9.59 Å². The molecule has 26 heavy (non-hydrogen) atoms. The molecule has 1 unspecified atom stereocenters. The van der Waals surface area contributed by atoms with Crippen LogP contribution in [-0.2, 0) is 9.59 Å². The Bertz CT molecular complexity index is 652. The van der Waals surface area contributed by atoms with Gasteiger partial charge >= 0.3 is 0 Å². The fourth-order valence-corrected chi connectivity index (χ4v) is 3.89. The number of amides is 2. The summed E-state index contributed by atoms with van der Waals surface area (Å²) in [5, 5.41) is 0. The van der Waals surface area contributed by atoms with Gasteiger partial charge in [0.2, 0.25) is 11.8 Å². The first kappa shape index (κ1) is 18.9. The zero-order valence-electron chi connectivity index (χ0n) is 16.3. The summed E-state index contributed by atoms with van der Waals surface area (Å²) in [5.74, 6) is 0.341. The first-order valence-electron chi connectivity index (χ1n) is 9.83. The zero-order chi connectivity index (χ0) is 18.7. The van der Waals surface area contributed by atoms with E-state index in [2.05, 4.69) is 30.9 Å². The van der Waals surface area contributed by atoms with Crippen LogP contribution in [0.4, 0.5) is 5.69 Å². The summed E-state index contributed by atoms with van der Waals surface area (Å²) in [5.41, 5.74) is 2.13. The van der Waals surface area contributed by atoms with Gasteiger partial charge in [0.15, 0.2) is 0 Å². The molecule has 2 aliphatic rings. The van der Waals surface area contributed by atoms with Gasteiger partial charge in [0.05, 0.1) is 5.92 Å². The smallest absolute Gasteiger partial charge is 0.227 e. The summed E-state index contributed by atoms with van der Waals surface area (Å²) in [6.07, 6.45) is 2.84. The summed E-state index contributed by atoms with van der Waals surface area (Å²) in [6.45, 7) is 8.75.